The smallest absolute Gasteiger partial charge is 0.234 e. The lowest BCUT2D eigenvalue weighted by Gasteiger charge is -2.12. The fraction of sp³-hybridized carbons (Fsp3) is 0.412. The Morgan fingerprint density at radius 3 is 2.83 bits per heavy atom. The molecule has 0 bridgehead atoms. The van der Waals surface area contributed by atoms with Gasteiger partial charge >= 0.3 is 0 Å². The van der Waals surface area contributed by atoms with Crippen LogP contribution in [-0.2, 0) is 17.6 Å². The van der Waals surface area contributed by atoms with Crippen LogP contribution in [0.25, 0.3) is 4.96 Å². The summed E-state index contributed by atoms with van der Waals surface area (Å²) in [7, 11) is 0. The Hall–Kier alpha value is -2.28. The van der Waals surface area contributed by atoms with Gasteiger partial charge in [-0.15, -0.1) is 10.2 Å². The summed E-state index contributed by atoms with van der Waals surface area (Å²) < 4.78 is 1.72. The Morgan fingerprint density at radius 2 is 2.08 bits per heavy atom. The summed E-state index contributed by atoms with van der Waals surface area (Å²) in [6.07, 6.45) is 2.05. The summed E-state index contributed by atoms with van der Waals surface area (Å²) in [5.74, 6) is 1.25. The monoisotopic (exact) mass is 343 g/mol. The van der Waals surface area contributed by atoms with Gasteiger partial charge in [0.05, 0.1) is 0 Å². The minimum atomic E-state index is 0.0672. The largest absolute Gasteiger partial charge is 0.356 e. The normalized spacial score (nSPS) is 12.4. The van der Waals surface area contributed by atoms with Crippen LogP contribution in [-0.4, -0.2) is 32.3 Å². The summed E-state index contributed by atoms with van der Waals surface area (Å²) in [6, 6.07) is 10.3. The zero-order valence-corrected chi connectivity index (χ0v) is 14.7. The SMILES string of the molecule is Cc1nnc2sc(CCC(=O)NCC(C)Cc3ccccc3)nn12. The number of nitrogens with zero attached hydrogens (tertiary/aromatic N) is 4. The van der Waals surface area contributed by atoms with Gasteiger partial charge in [0.2, 0.25) is 10.9 Å². The fourth-order valence-corrected chi connectivity index (χ4v) is 3.42. The van der Waals surface area contributed by atoms with Crippen LogP contribution in [0.2, 0.25) is 0 Å². The first-order valence-electron chi connectivity index (χ1n) is 8.10. The molecule has 7 heteroatoms. The van der Waals surface area contributed by atoms with E-state index in [9.17, 15) is 4.79 Å². The molecule has 2 aromatic heterocycles. The highest BCUT2D eigenvalue weighted by Crippen LogP contribution is 2.15. The lowest BCUT2D eigenvalue weighted by molar-refractivity contribution is -0.121. The molecular weight excluding hydrogens is 322 g/mol. The third kappa shape index (κ3) is 4.17. The van der Waals surface area contributed by atoms with E-state index < -0.39 is 0 Å². The number of aromatic nitrogens is 4. The third-order valence-electron chi connectivity index (χ3n) is 3.83. The second-order valence-corrected chi connectivity index (χ2v) is 7.08. The molecule has 2 heterocycles. The first-order valence-corrected chi connectivity index (χ1v) is 8.92. The van der Waals surface area contributed by atoms with Crippen molar-refractivity contribution in [2.24, 2.45) is 5.92 Å². The van der Waals surface area contributed by atoms with Crippen LogP contribution in [0.1, 0.15) is 29.7 Å². The maximum atomic E-state index is 12.0. The van der Waals surface area contributed by atoms with Crippen molar-refractivity contribution in [3.8, 4) is 0 Å². The van der Waals surface area contributed by atoms with Crippen molar-refractivity contribution >= 4 is 22.2 Å². The van der Waals surface area contributed by atoms with E-state index in [1.807, 2.05) is 25.1 Å². The first-order chi connectivity index (χ1) is 11.6. The molecule has 1 N–H and O–H groups in total. The van der Waals surface area contributed by atoms with E-state index in [0.717, 1.165) is 22.2 Å². The Morgan fingerprint density at radius 1 is 1.29 bits per heavy atom. The Balaban J connectivity index is 1.42. The average Bonchev–Trinajstić information content (AvgIpc) is 3.14. The predicted octanol–water partition coefficient (Wildman–Crippen LogP) is 2.42. The Labute approximate surface area is 144 Å². The maximum absolute atomic E-state index is 12.0. The van der Waals surface area contributed by atoms with Crippen molar-refractivity contribution in [3.05, 3.63) is 46.7 Å². The average molecular weight is 343 g/mol. The van der Waals surface area contributed by atoms with Crippen LogP contribution < -0.4 is 5.32 Å². The van der Waals surface area contributed by atoms with Gasteiger partial charge in [-0.25, -0.2) is 0 Å². The molecule has 0 spiro atoms. The van der Waals surface area contributed by atoms with Crippen molar-refractivity contribution in [1.82, 2.24) is 25.1 Å². The number of fused-ring (bicyclic) bond motifs is 1. The van der Waals surface area contributed by atoms with Crippen molar-refractivity contribution in [3.63, 3.8) is 0 Å². The van der Waals surface area contributed by atoms with E-state index in [0.29, 0.717) is 25.3 Å². The van der Waals surface area contributed by atoms with Gasteiger partial charge in [0.15, 0.2) is 5.82 Å². The van der Waals surface area contributed by atoms with E-state index in [-0.39, 0.29) is 5.91 Å². The number of benzene rings is 1. The number of carbonyl (C=O) groups excluding carboxylic acids is 1. The number of carbonyl (C=O) groups is 1. The molecule has 0 aliphatic carbocycles. The summed E-state index contributed by atoms with van der Waals surface area (Å²) in [6.45, 7) is 4.71. The Bertz CT molecular complexity index is 811. The van der Waals surface area contributed by atoms with Crippen LogP contribution in [0.3, 0.4) is 0 Å². The van der Waals surface area contributed by atoms with E-state index in [1.54, 1.807) is 4.52 Å². The molecule has 3 rings (SSSR count). The van der Waals surface area contributed by atoms with Crippen molar-refractivity contribution < 1.29 is 4.79 Å². The van der Waals surface area contributed by atoms with Gasteiger partial charge in [0.25, 0.3) is 0 Å². The second kappa shape index (κ2) is 7.53. The lowest BCUT2D eigenvalue weighted by atomic mass is 10.0. The van der Waals surface area contributed by atoms with Gasteiger partial charge in [0.1, 0.15) is 5.01 Å². The minimum absolute atomic E-state index is 0.0672. The molecule has 0 fully saturated rings. The van der Waals surface area contributed by atoms with Crippen molar-refractivity contribution in [1.29, 1.82) is 0 Å². The molecule has 0 saturated heterocycles. The number of hydrogen-bond donors (Lipinski definition) is 1. The number of aryl methyl sites for hydroxylation is 2. The Kier molecular flexibility index (Phi) is 5.20. The number of rotatable bonds is 7. The topological polar surface area (TPSA) is 72.2 Å². The third-order valence-corrected chi connectivity index (χ3v) is 4.79. The van der Waals surface area contributed by atoms with E-state index in [4.69, 9.17) is 0 Å². The minimum Gasteiger partial charge on any atom is -0.356 e. The van der Waals surface area contributed by atoms with Gasteiger partial charge < -0.3 is 5.32 Å². The van der Waals surface area contributed by atoms with Gasteiger partial charge in [-0.05, 0) is 24.8 Å². The summed E-state index contributed by atoms with van der Waals surface area (Å²) in [4.78, 5) is 12.8. The molecule has 126 valence electrons. The van der Waals surface area contributed by atoms with Gasteiger partial charge in [-0.1, -0.05) is 48.6 Å². The predicted molar refractivity (Wildman–Crippen MR) is 94.0 cm³/mol. The standard InChI is InChI=1S/C17H21N5OS/c1-12(10-14-6-4-3-5-7-14)11-18-15(23)8-9-16-21-22-13(2)19-20-17(22)24-16/h3-7,12H,8-11H2,1-2H3,(H,18,23). The van der Waals surface area contributed by atoms with Crippen molar-refractivity contribution in [2.75, 3.05) is 6.54 Å². The highest BCUT2D eigenvalue weighted by Gasteiger charge is 2.11. The number of nitrogens with one attached hydrogen (secondary N) is 1. The first kappa shape index (κ1) is 16.6. The van der Waals surface area contributed by atoms with Gasteiger partial charge in [-0.3, -0.25) is 4.79 Å². The second-order valence-electron chi connectivity index (χ2n) is 6.04. The van der Waals surface area contributed by atoms with E-state index in [1.165, 1.54) is 16.9 Å². The van der Waals surface area contributed by atoms with Crippen LogP contribution in [0, 0.1) is 12.8 Å². The van der Waals surface area contributed by atoms with Gasteiger partial charge in [0, 0.05) is 19.4 Å². The van der Waals surface area contributed by atoms with Crippen LogP contribution in [0.5, 0.6) is 0 Å². The molecule has 3 aromatic rings. The molecule has 6 nitrogen and oxygen atoms in total. The van der Waals surface area contributed by atoms with Crippen molar-refractivity contribution in [2.45, 2.75) is 33.1 Å². The highest BCUT2D eigenvalue weighted by molar-refractivity contribution is 7.16. The highest BCUT2D eigenvalue weighted by atomic mass is 32.1. The summed E-state index contributed by atoms with van der Waals surface area (Å²) in [5, 5.41) is 16.3. The molecule has 0 aliphatic rings. The maximum Gasteiger partial charge on any atom is 0.234 e. The molecule has 1 atom stereocenters. The molecule has 0 saturated carbocycles. The lowest BCUT2D eigenvalue weighted by Crippen LogP contribution is -2.29. The molecule has 1 amide bonds. The van der Waals surface area contributed by atoms with E-state index in [2.05, 4.69) is 39.7 Å². The molecule has 0 aliphatic heterocycles. The summed E-state index contributed by atoms with van der Waals surface area (Å²) in [5.41, 5.74) is 1.30. The fourth-order valence-electron chi connectivity index (χ4n) is 2.54. The van der Waals surface area contributed by atoms with Crippen LogP contribution in [0.15, 0.2) is 30.3 Å². The quantitative estimate of drug-likeness (QED) is 0.715. The molecule has 24 heavy (non-hydrogen) atoms. The van der Waals surface area contributed by atoms with Crippen LogP contribution in [0.4, 0.5) is 0 Å². The van der Waals surface area contributed by atoms with E-state index >= 15 is 0 Å². The van der Waals surface area contributed by atoms with Gasteiger partial charge in [-0.2, -0.15) is 9.61 Å². The molecule has 0 radical (unpaired) electrons. The zero-order valence-electron chi connectivity index (χ0n) is 13.9. The number of hydrogen-bond acceptors (Lipinski definition) is 5. The van der Waals surface area contributed by atoms with Crippen LogP contribution >= 0.6 is 11.3 Å². The molecular formula is C17H21N5OS. The summed E-state index contributed by atoms with van der Waals surface area (Å²) >= 11 is 1.48. The number of amides is 1. The molecule has 1 aromatic carbocycles. The zero-order chi connectivity index (χ0) is 16.9. The molecule has 1 unspecified atom stereocenters.